The molecule has 3 heterocycles. The molecule has 1 N–H and O–H groups in total. The predicted molar refractivity (Wildman–Crippen MR) is 118 cm³/mol. The zero-order chi connectivity index (χ0) is 20.3. The van der Waals surface area contributed by atoms with Crippen LogP contribution in [-0.2, 0) is 17.9 Å². The van der Waals surface area contributed by atoms with Gasteiger partial charge in [0, 0.05) is 33.3 Å². The third-order valence-electron chi connectivity index (χ3n) is 4.56. The first-order chi connectivity index (χ1) is 13.3. The van der Waals surface area contributed by atoms with E-state index < -0.39 is 0 Å². The van der Waals surface area contributed by atoms with Gasteiger partial charge in [0.25, 0.3) is 0 Å². The topological polar surface area (TPSA) is 50.2 Å². The third-order valence-corrected chi connectivity index (χ3v) is 6.26. The highest BCUT2D eigenvalue weighted by Crippen LogP contribution is 2.29. The van der Waals surface area contributed by atoms with E-state index in [1.807, 2.05) is 25.8 Å². The normalized spacial score (nSPS) is 11.5. The molecule has 0 saturated carbocycles. The number of likely N-dealkylation sites (N-methyl/N-ethyl adjacent to an activating group) is 1. The summed E-state index contributed by atoms with van der Waals surface area (Å²) in [7, 11) is 1.95. The van der Waals surface area contributed by atoms with Crippen molar-refractivity contribution in [3.05, 3.63) is 50.2 Å². The van der Waals surface area contributed by atoms with E-state index in [0.717, 1.165) is 17.2 Å². The van der Waals surface area contributed by atoms with Crippen LogP contribution < -0.4 is 5.32 Å². The van der Waals surface area contributed by atoms with Gasteiger partial charge in [-0.1, -0.05) is 6.07 Å². The number of rotatable bonds is 8. The molecule has 0 unspecified atom stereocenters. The number of carbonyl (C=O) groups excluding carboxylic acids is 1. The Bertz CT molecular complexity index is 925. The second-order valence-electron chi connectivity index (χ2n) is 7.47. The zero-order valence-electron chi connectivity index (χ0n) is 17.2. The lowest BCUT2D eigenvalue weighted by atomic mass is 10.2. The van der Waals surface area contributed by atoms with Gasteiger partial charge in [0.2, 0.25) is 5.91 Å². The molecular formula is C21H28N4OS2. The van der Waals surface area contributed by atoms with Crippen molar-refractivity contribution < 1.29 is 4.79 Å². The predicted octanol–water partition coefficient (Wildman–Crippen LogP) is 4.29. The number of nitrogens with one attached hydrogen (secondary N) is 1. The number of carbonyl (C=O) groups is 1. The minimum Gasteiger partial charge on any atom is -0.353 e. The maximum atomic E-state index is 11.9. The van der Waals surface area contributed by atoms with E-state index in [2.05, 4.69) is 52.7 Å². The fourth-order valence-corrected chi connectivity index (χ4v) is 4.83. The number of thiophene rings is 1. The molecule has 0 aliphatic carbocycles. The number of hydrogen-bond donors (Lipinski definition) is 1. The molecule has 0 radical (unpaired) electrons. The van der Waals surface area contributed by atoms with Crippen molar-refractivity contribution in [2.24, 2.45) is 0 Å². The Morgan fingerprint density at radius 1 is 1.32 bits per heavy atom. The van der Waals surface area contributed by atoms with E-state index in [0.29, 0.717) is 13.1 Å². The van der Waals surface area contributed by atoms with Crippen molar-refractivity contribution in [1.29, 1.82) is 0 Å². The number of amides is 1. The quantitative estimate of drug-likeness (QED) is 0.596. The van der Waals surface area contributed by atoms with Crippen molar-refractivity contribution in [1.82, 2.24) is 19.8 Å². The number of hydrogen-bond acceptors (Lipinski definition) is 5. The molecule has 0 spiro atoms. The van der Waals surface area contributed by atoms with Crippen LogP contribution in [0.4, 0.5) is 0 Å². The first kappa shape index (κ1) is 20.8. The molecule has 0 bridgehead atoms. The van der Waals surface area contributed by atoms with Gasteiger partial charge in [-0.2, -0.15) is 0 Å². The van der Waals surface area contributed by atoms with Gasteiger partial charge in [0.05, 0.1) is 25.3 Å². The summed E-state index contributed by atoms with van der Waals surface area (Å²) in [6.07, 6.45) is 0. The highest BCUT2D eigenvalue weighted by Gasteiger charge is 2.15. The Labute approximate surface area is 175 Å². The van der Waals surface area contributed by atoms with Crippen LogP contribution in [0.2, 0.25) is 0 Å². The molecule has 3 aromatic rings. The third kappa shape index (κ3) is 5.10. The Kier molecular flexibility index (Phi) is 6.69. The molecule has 7 heteroatoms. The number of aromatic nitrogens is 2. The van der Waals surface area contributed by atoms with Crippen LogP contribution >= 0.6 is 22.7 Å². The Balaban J connectivity index is 1.69. The number of aryl methyl sites for hydroxylation is 1. The molecule has 1 amide bonds. The van der Waals surface area contributed by atoms with Gasteiger partial charge >= 0.3 is 0 Å². The van der Waals surface area contributed by atoms with Crippen LogP contribution in [0.1, 0.15) is 35.1 Å². The maximum Gasteiger partial charge on any atom is 0.234 e. The second-order valence-corrected chi connectivity index (χ2v) is 9.45. The molecule has 0 aromatic carbocycles. The van der Waals surface area contributed by atoms with Crippen LogP contribution in [0.25, 0.3) is 11.3 Å². The van der Waals surface area contributed by atoms with E-state index in [1.54, 1.807) is 22.7 Å². The first-order valence-corrected chi connectivity index (χ1v) is 11.2. The highest BCUT2D eigenvalue weighted by molar-refractivity contribution is 7.10. The summed E-state index contributed by atoms with van der Waals surface area (Å²) in [5.41, 5.74) is 4.70. The Hall–Kier alpha value is -1.96. The van der Waals surface area contributed by atoms with Crippen LogP contribution in [0.5, 0.6) is 0 Å². The van der Waals surface area contributed by atoms with E-state index in [4.69, 9.17) is 4.98 Å². The summed E-state index contributed by atoms with van der Waals surface area (Å²) in [4.78, 5) is 20.1. The molecule has 0 atom stereocenters. The lowest BCUT2D eigenvalue weighted by Gasteiger charge is -2.16. The number of nitrogens with zero attached hydrogens (tertiary/aromatic N) is 3. The monoisotopic (exact) mass is 416 g/mol. The van der Waals surface area contributed by atoms with E-state index >= 15 is 0 Å². The lowest BCUT2D eigenvalue weighted by Crippen LogP contribution is -2.38. The molecule has 0 aliphatic rings. The van der Waals surface area contributed by atoms with Crippen LogP contribution in [0.15, 0.2) is 29.0 Å². The van der Waals surface area contributed by atoms with Gasteiger partial charge in [-0.05, 0) is 52.3 Å². The van der Waals surface area contributed by atoms with Crippen molar-refractivity contribution in [2.75, 3.05) is 13.6 Å². The molecular weight excluding hydrogens is 388 g/mol. The molecule has 3 rings (SSSR count). The maximum absolute atomic E-state index is 11.9. The van der Waals surface area contributed by atoms with Crippen LogP contribution in [0.3, 0.4) is 0 Å². The zero-order valence-corrected chi connectivity index (χ0v) is 18.8. The van der Waals surface area contributed by atoms with E-state index in [1.165, 1.54) is 21.8 Å². The SMILES string of the molecule is Cc1cc(-c2csc(CN(C)CC(=O)NC(C)C)n2)c(C)n1Cc1cccs1. The second kappa shape index (κ2) is 9.03. The molecule has 5 nitrogen and oxygen atoms in total. The molecule has 150 valence electrons. The molecule has 0 saturated heterocycles. The summed E-state index contributed by atoms with van der Waals surface area (Å²) in [6.45, 7) is 10.2. The van der Waals surface area contributed by atoms with Gasteiger partial charge < -0.3 is 9.88 Å². The summed E-state index contributed by atoms with van der Waals surface area (Å²) < 4.78 is 2.35. The van der Waals surface area contributed by atoms with Crippen molar-refractivity contribution in [2.45, 2.75) is 46.8 Å². The first-order valence-electron chi connectivity index (χ1n) is 9.45. The van der Waals surface area contributed by atoms with Gasteiger partial charge in [-0.15, -0.1) is 22.7 Å². The van der Waals surface area contributed by atoms with Gasteiger partial charge in [0.1, 0.15) is 5.01 Å². The molecule has 0 aliphatic heterocycles. The average molecular weight is 417 g/mol. The summed E-state index contributed by atoms with van der Waals surface area (Å²) >= 11 is 3.44. The number of thiazole rings is 1. The van der Waals surface area contributed by atoms with E-state index in [9.17, 15) is 4.79 Å². The fraction of sp³-hybridized carbons (Fsp3) is 0.429. The minimum absolute atomic E-state index is 0.0476. The Morgan fingerprint density at radius 3 is 2.79 bits per heavy atom. The van der Waals surface area contributed by atoms with Crippen LogP contribution in [0, 0.1) is 13.8 Å². The lowest BCUT2D eigenvalue weighted by molar-refractivity contribution is -0.122. The van der Waals surface area contributed by atoms with E-state index in [-0.39, 0.29) is 11.9 Å². The molecule has 3 aromatic heterocycles. The summed E-state index contributed by atoms with van der Waals surface area (Å²) in [5.74, 6) is 0.0476. The summed E-state index contributed by atoms with van der Waals surface area (Å²) in [6, 6.07) is 6.66. The largest absolute Gasteiger partial charge is 0.353 e. The van der Waals surface area contributed by atoms with Crippen molar-refractivity contribution in [3.63, 3.8) is 0 Å². The Morgan fingerprint density at radius 2 is 2.11 bits per heavy atom. The standard InChI is InChI=1S/C21H28N4OS2/c1-14(2)22-20(26)11-24(5)12-21-23-19(13-28-21)18-9-15(3)25(16(18)4)10-17-7-6-8-27-17/h6-9,13-14H,10-12H2,1-5H3,(H,22,26). The minimum atomic E-state index is 0.0476. The van der Waals surface area contributed by atoms with Gasteiger partial charge in [-0.25, -0.2) is 4.98 Å². The van der Waals surface area contributed by atoms with Crippen LogP contribution in [-0.4, -0.2) is 40.0 Å². The highest BCUT2D eigenvalue weighted by atomic mass is 32.1. The molecule has 28 heavy (non-hydrogen) atoms. The fourth-order valence-electron chi connectivity index (χ4n) is 3.27. The average Bonchev–Trinajstić information content (AvgIpc) is 3.32. The smallest absolute Gasteiger partial charge is 0.234 e. The molecule has 0 fully saturated rings. The van der Waals surface area contributed by atoms with Crippen molar-refractivity contribution >= 4 is 28.6 Å². The van der Waals surface area contributed by atoms with Crippen molar-refractivity contribution in [3.8, 4) is 11.3 Å². The summed E-state index contributed by atoms with van der Waals surface area (Å²) in [5, 5.41) is 8.19. The van der Waals surface area contributed by atoms with Gasteiger partial charge in [-0.3, -0.25) is 9.69 Å². The van der Waals surface area contributed by atoms with Gasteiger partial charge in [0.15, 0.2) is 0 Å².